The van der Waals surface area contributed by atoms with Gasteiger partial charge in [0.25, 0.3) is 0 Å². The summed E-state index contributed by atoms with van der Waals surface area (Å²) in [6.45, 7) is 5.67. The largest absolute Gasteiger partial charge is 1.00 e. The van der Waals surface area contributed by atoms with E-state index in [2.05, 4.69) is 42.9 Å². The Hall–Kier alpha value is -0.920. The third-order valence-electron chi connectivity index (χ3n) is 3.35. The lowest BCUT2D eigenvalue weighted by molar-refractivity contribution is -0.697. The van der Waals surface area contributed by atoms with E-state index in [4.69, 9.17) is 0 Å². The van der Waals surface area contributed by atoms with Gasteiger partial charge >= 0.3 is 0 Å². The highest BCUT2D eigenvalue weighted by atomic mass is 19.0. The first kappa shape index (κ1) is 17.1. The number of pyridine rings is 1. The molecule has 0 atom stereocenters. The zero-order valence-electron chi connectivity index (χ0n) is 12.0. The molecule has 1 aromatic rings. The van der Waals surface area contributed by atoms with Gasteiger partial charge in [-0.2, -0.15) is 0 Å². The summed E-state index contributed by atoms with van der Waals surface area (Å²) in [4.78, 5) is 0. The lowest BCUT2D eigenvalue weighted by Gasteiger charge is -2.00. The van der Waals surface area contributed by atoms with Gasteiger partial charge in [0.1, 0.15) is 6.54 Å². The van der Waals surface area contributed by atoms with Crippen LogP contribution in [0.15, 0.2) is 24.5 Å². The van der Waals surface area contributed by atoms with E-state index in [0.29, 0.717) is 0 Å². The van der Waals surface area contributed by atoms with Crippen LogP contribution in [0.2, 0.25) is 0 Å². The fraction of sp³-hybridized carbons (Fsp3) is 0.688. The Labute approximate surface area is 112 Å². The molecule has 0 aliphatic carbocycles. The summed E-state index contributed by atoms with van der Waals surface area (Å²) < 4.78 is 2.34. The van der Waals surface area contributed by atoms with Crippen molar-refractivity contribution < 1.29 is 9.27 Å². The van der Waals surface area contributed by atoms with Gasteiger partial charge in [-0.05, 0) is 18.9 Å². The minimum absolute atomic E-state index is 0. The number of nitrogens with zero attached hydrogens (tertiary/aromatic N) is 1. The van der Waals surface area contributed by atoms with Gasteiger partial charge in [0, 0.05) is 18.1 Å². The number of hydrogen-bond acceptors (Lipinski definition) is 0. The van der Waals surface area contributed by atoms with Crippen LogP contribution in [0.1, 0.15) is 64.4 Å². The van der Waals surface area contributed by atoms with Gasteiger partial charge < -0.3 is 4.70 Å². The lowest BCUT2D eigenvalue weighted by atomic mass is 10.1. The molecule has 0 saturated carbocycles. The minimum atomic E-state index is 0. The number of unbranched alkanes of at least 4 members (excludes halogenated alkanes) is 6. The topological polar surface area (TPSA) is 3.88 Å². The molecule has 1 rings (SSSR count). The number of aryl methyl sites for hydroxylation is 2. The highest BCUT2D eigenvalue weighted by molar-refractivity contribution is 5.04. The molecule has 0 saturated heterocycles. The predicted molar refractivity (Wildman–Crippen MR) is 74.0 cm³/mol. The van der Waals surface area contributed by atoms with Crippen LogP contribution in [0.4, 0.5) is 0 Å². The molecule has 104 valence electrons. The van der Waals surface area contributed by atoms with Crippen molar-refractivity contribution >= 4 is 0 Å². The summed E-state index contributed by atoms with van der Waals surface area (Å²) in [7, 11) is 0. The molecule has 0 spiro atoms. The van der Waals surface area contributed by atoms with E-state index in [-0.39, 0.29) is 4.70 Å². The fourth-order valence-electron chi connectivity index (χ4n) is 2.18. The van der Waals surface area contributed by atoms with Crippen molar-refractivity contribution in [1.29, 1.82) is 0 Å². The molecule has 0 bridgehead atoms. The summed E-state index contributed by atoms with van der Waals surface area (Å²) in [5, 5.41) is 0. The molecule has 18 heavy (non-hydrogen) atoms. The van der Waals surface area contributed by atoms with E-state index in [9.17, 15) is 0 Å². The normalized spacial score (nSPS) is 10.1. The summed E-state index contributed by atoms with van der Waals surface area (Å²) in [5.41, 5.74) is 1.44. The summed E-state index contributed by atoms with van der Waals surface area (Å²) in [5.74, 6) is 0. The van der Waals surface area contributed by atoms with Gasteiger partial charge in [0.05, 0.1) is 0 Å². The molecule has 0 aliphatic heterocycles. The average molecular weight is 253 g/mol. The monoisotopic (exact) mass is 253 g/mol. The van der Waals surface area contributed by atoms with Crippen LogP contribution >= 0.6 is 0 Å². The second-order valence-corrected chi connectivity index (χ2v) is 4.92. The van der Waals surface area contributed by atoms with E-state index >= 15 is 0 Å². The molecule has 2 heteroatoms. The van der Waals surface area contributed by atoms with Gasteiger partial charge in [-0.25, -0.2) is 4.57 Å². The van der Waals surface area contributed by atoms with Crippen molar-refractivity contribution in [1.82, 2.24) is 0 Å². The van der Waals surface area contributed by atoms with Gasteiger partial charge in [-0.1, -0.05) is 46.0 Å². The van der Waals surface area contributed by atoms with Crippen LogP contribution in [0.5, 0.6) is 0 Å². The van der Waals surface area contributed by atoms with Crippen LogP contribution in [-0.4, -0.2) is 0 Å². The summed E-state index contributed by atoms with van der Waals surface area (Å²) in [6, 6.07) is 4.38. The minimum Gasteiger partial charge on any atom is -1.00 e. The lowest BCUT2D eigenvalue weighted by Crippen LogP contribution is -3.00. The second kappa shape index (κ2) is 11.2. The molecular formula is C16H28FN. The Morgan fingerprint density at radius 2 is 1.61 bits per heavy atom. The molecule has 1 nitrogen and oxygen atoms in total. The quantitative estimate of drug-likeness (QED) is 0.461. The van der Waals surface area contributed by atoms with Crippen molar-refractivity contribution in [2.45, 2.75) is 71.8 Å². The standard InChI is InChI=1S/C16H28N.FH/c1-3-5-6-7-8-9-10-13-17-14-11-12-16(4-2)15-17;/h11-12,14-15H,3-10,13H2,1-2H3;1H/q+1;/p-1. The predicted octanol–water partition coefficient (Wildman–Crippen LogP) is 1.29. The molecule has 1 heterocycles. The van der Waals surface area contributed by atoms with Crippen LogP contribution in [0, 0.1) is 0 Å². The number of halogens is 1. The number of hydrogen-bond donors (Lipinski definition) is 0. The van der Waals surface area contributed by atoms with Crippen LogP contribution < -0.4 is 9.27 Å². The molecule has 0 amide bonds. The third-order valence-corrected chi connectivity index (χ3v) is 3.35. The van der Waals surface area contributed by atoms with E-state index in [1.54, 1.807) is 0 Å². The molecule has 0 radical (unpaired) electrons. The molecule has 0 aliphatic rings. The first-order valence-electron chi connectivity index (χ1n) is 7.34. The first-order valence-corrected chi connectivity index (χ1v) is 7.34. The SMILES string of the molecule is CCCCCCCCC[n+]1cccc(CC)c1.[F-]. The molecule has 1 aromatic heterocycles. The maximum Gasteiger partial charge on any atom is 0.171 e. The van der Waals surface area contributed by atoms with Crippen molar-refractivity contribution in [3.8, 4) is 0 Å². The summed E-state index contributed by atoms with van der Waals surface area (Å²) >= 11 is 0. The average Bonchev–Trinajstić information content (AvgIpc) is 2.38. The van der Waals surface area contributed by atoms with E-state index < -0.39 is 0 Å². The molecular weight excluding hydrogens is 225 g/mol. The molecule has 0 N–H and O–H groups in total. The highest BCUT2D eigenvalue weighted by Crippen LogP contribution is 2.06. The van der Waals surface area contributed by atoms with Gasteiger partial charge in [-0.15, -0.1) is 0 Å². The molecule has 0 fully saturated rings. The Kier molecular flexibility index (Phi) is 10.6. The Morgan fingerprint density at radius 1 is 0.944 bits per heavy atom. The summed E-state index contributed by atoms with van der Waals surface area (Å²) in [6.07, 6.45) is 15.3. The van der Waals surface area contributed by atoms with E-state index in [1.165, 1.54) is 57.1 Å². The van der Waals surface area contributed by atoms with Crippen molar-refractivity contribution in [2.24, 2.45) is 0 Å². The fourth-order valence-corrected chi connectivity index (χ4v) is 2.18. The Balaban J connectivity index is 0.00000289. The Morgan fingerprint density at radius 3 is 2.28 bits per heavy atom. The van der Waals surface area contributed by atoms with Crippen LogP contribution in [-0.2, 0) is 13.0 Å². The Bertz CT molecular complexity index is 299. The van der Waals surface area contributed by atoms with E-state index in [1.807, 2.05) is 0 Å². The van der Waals surface area contributed by atoms with Gasteiger partial charge in [-0.3, -0.25) is 0 Å². The number of aromatic nitrogens is 1. The van der Waals surface area contributed by atoms with Crippen LogP contribution in [0.3, 0.4) is 0 Å². The zero-order chi connectivity index (χ0) is 12.3. The van der Waals surface area contributed by atoms with Gasteiger partial charge in [0.15, 0.2) is 12.4 Å². The highest BCUT2D eigenvalue weighted by Gasteiger charge is 2.01. The third kappa shape index (κ3) is 7.41. The smallest absolute Gasteiger partial charge is 0.171 e. The second-order valence-electron chi connectivity index (χ2n) is 4.92. The van der Waals surface area contributed by atoms with Crippen molar-refractivity contribution in [3.63, 3.8) is 0 Å². The zero-order valence-corrected chi connectivity index (χ0v) is 12.0. The van der Waals surface area contributed by atoms with Crippen molar-refractivity contribution in [3.05, 3.63) is 30.1 Å². The maximum absolute atomic E-state index is 2.34. The molecule has 0 aromatic carbocycles. The number of rotatable bonds is 9. The van der Waals surface area contributed by atoms with E-state index in [0.717, 1.165) is 6.42 Å². The van der Waals surface area contributed by atoms with Gasteiger partial charge in [0.2, 0.25) is 0 Å². The van der Waals surface area contributed by atoms with Crippen molar-refractivity contribution in [2.75, 3.05) is 0 Å². The first-order chi connectivity index (χ1) is 8.36. The van der Waals surface area contributed by atoms with Crippen LogP contribution in [0.25, 0.3) is 0 Å². The maximum atomic E-state index is 2.34. The molecule has 0 unspecified atom stereocenters.